The van der Waals surface area contributed by atoms with Gasteiger partial charge in [0.05, 0.1) is 30.6 Å². The number of para-hydroxylation sites is 1. The molecule has 0 amide bonds. The minimum atomic E-state index is -0.00581. The Hall–Kier alpha value is -1.42. The fraction of sp³-hybridized carbons (Fsp3) is 0.571. The highest BCUT2D eigenvalue weighted by molar-refractivity contribution is 5.73. The average Bonchev–Trinajstić information content (AvgIpc) is 2.35. The lowest BCUT2D eigenvalue weighted by Gasteiger charge is -2.23. The summed E-state index contributed by atoms with van der Waals surface area (Å²) in [5.74, 6) is 1.02. The van der Waals surface area contributed by atoms with Gasteiger partial charge in [-0.15, -0.1) is 0 Å². The fourth-order valence-electron chi connectivity index (χ4n) is 1.63. The molecule has 1 rings (SSSR count). The van der Waals surface area contributed by atoms with E-state index in [9.17, 15) is 5.11 Å². The highest BCUT2D eigenvalue weighted by Gasteiger charge is 2.14. The Morgan fingerprint density at radius 1 is 1.39 bits per heavy atom. The predicted molar refractivity (Wildman–Crippen MR) is 76.0 cm³/mol. The molecular formula is C14H24N2O2. The van der Waals surface area contributed by atoms with Crippen LogP contribution in [0.3, 0.4) is 0 Å². The van der Waals surface area contributed by atoms with E-state index in [2.05, 4.69) is 26.1 Å². The Bertz CT molecular complexity index is 367. The van der Waals surface area contributed by atoms with Crippen molar-refractivity contribution < 1.29 is 9.84 Å². The minimum absolute atomic E-state index is 0.00581. The number of hydrogen-bond acceptors (Lipinski definition) is 4. The standard InChI is InChI=1S/C14H24N2O2/c1-4-8-18-13-7-5-6-11(14(13)15)16-12(9-17)10(2)3/h5-7,10,12,16-17H,4,8-9,15H2,1-3H3. The number of anilines is 2. The van der Waals surface area contributed by atoms with E-state index in [1.165, 1.54) is 0 Å². The van der Waals surface area contributed by atoms with Crippen LogP contribution < -0.4 is 15.8 Å². The zero-order chi connectivity index (χ0) is 13.5. The zero-order valence-electron chi connectivity index (χ0n) is 11.4. The molecule has 0 saturated heterocycles. The predicted octanol–water partition coefficient (Wildman–Crippen LogP) is 2.49. The van der Waals surface area contributed by atoms with Gasteiger partial charge in [-0.25, -0.2) is 0 Å². The Morgan fingerprint density at radius 3 is 2.67 bits per heavy atom. The van der Waals surface area contributed by atoms with Gasteiger partial charge in [0.2, 0.25) is 0 Å². The van der Waals surface area contributed by atoms with Crippen LogP contribution in [0.2, 0.25) is 0 Å². The number of rotatable bonds is 7. The summed E-state index contributed by atoms with van der Waals surface area (Å²) < 4.78 is 5.57. The van der Waals surface area contributed by atoms with E-state index < -0.39 is 0 Å². The van der Waals surface area contributed by atoms with Gasteiger partial charge in [-0.1, -0.05) is 26.8 Å². The number of aliphatic hydroxyl groups is 1. The normalized spacial score (nSPS) is 12.5. The topological polar surface area (TPSA) is 67.5 Å². The lowest BCUT2D eigenvalue weighted by molar-refractivity contribution is 0.249. The van der Waals surface area contributed by atoms with Crippen molar-refractivity contribution in [1.82, 2.24) is 0 Å². The van der Waals surface area contributed by atoms with Crippen LogP contribution in [-0.4, -0.2) is 24.4 Å². The fourth-order valence-corrected chi connectivity index (χ4v) is 1.63. The molecule has 0 radical (unpaired) electrons. The molecule has 1 aromatic rings. The quantitative estimate of drug-likeness (QED) is 0.652. The third kappa shape index (κ3) is 3.81. The molecule has 4 heteroatoms. The van der Waals surface area contributed by atoms with E-state index in [1.807, 2.05) is 18.2 Å². The van der Waals surface area contributed by atoms with Gasteiger partial charge in [0.1, 0.15) is 5.75 Å². The van der Waals surface area contributed by atoms with Gasteiger partial charge in [-0.05, 0) is 24.5 Å². The number of nitrogen functional groups attached to an aromatic ring is 1. The summed E-state index contributed by atoms with van der Waals surface area (Å²) in [5.41, 5.74) is 7.48. The molecular weight excluding hydrogens is 228 g/mol. The second kappa shape index (κ2) is 7.11. The van der Waals surface area contributed by atoms with E-state index >= 15 is 0 Å². The van der Waals surface area contributed by atoms with Crippen molar-refractivity contribution >= 4 is 11.4 Å². The Balaban J connectivity index is 2.82. The smallest absolute Gasteiger partial charge is 0.144 e. The Labute approximate surface area is 109 Å². The highest BCUT2D eigenvalue weighted by Crippen LogP contribution is 2.30. The van der Waals surface area contributed by atoms with Crippen LogP contribution in [0.25, 0.3) is 0 Å². The van der Waals surface area contributed by atoms with E-state index in [4.69, 9.17) is 10.5 Å². The van der Waals surface area contributed by atoms with Crippen LogP contribution in [-0.2, 0) is 0 Å². The number of hydrogen-bond donors (Lipinski definition) is 3. The summed E-state index contributed by atoms with van der Waals surface area (Å²) in [5, 5.41) is 12.6. The second-order valence-electron chi connectivity index (χ2n) is 4.74. The molecule has 0 aliphatic rings. The first kappa shape index (κ1) is 14.6. The maximum absolute atomic E-state index is 9.32. The Morgan fingerprint density at radius 2 is 2.11 bits per heavy atom. The zero-order valence-corrected chi connectivity index (χ0v) is 11.4. The van der Waals surface area contributed by atoms with Crippen molar-refractivity contribution in [2.75, 3.05) is 24.3 Å². The first-order chi connectivity index (χ1) is 8.60. The summed E-state index contributed by atoms with van der Waals surface area (Å²) in [6.45, 7) is 6.90. The van der Waals surface area contributed by atoms with E-state index in [0.29, 0.717) is 24.0 Å². The third-order valence-corrected chi connectivity index (χ3v) is 2.87. The minimum Gasteiger partial charge on any atom is -0.491 e. The maximum Gasteiger partial charge on any atom is 0.144 e. The molecule has 0 heterocycles. The molecule has 0 aliphatic heterocycles. The van der Waals surface area contributed by atoms with Crippen LogP contribution >= 0.6 is 0 Å². The number of aliphatic hydroxyl groups excluding tert-OH is 1. The number of nitrogens with one attached hydrogen (secondary N) is 1. The van der Waals surface area contributed by atoms with Gasteiger partial charge in [-0.2, -0.15) is 0 Å². The highest BCUT2D eigenvalue weighted by atomic mass is 16.5. The molecule has 0 bridgehead atoms. The van der Waals surface area contributed by atoms with Crippen molar-refractivity contribution in [2.24, 2.45) is 5.92 Å². The molecule has 0 fully saturated rings. The van der Waals surface area contributed by atoms with Crippen LogP contribution in [0, 0.1) is 5.92 Å². The third-order valence-electron chi connectivity index (χ3n) is 2.87. The molecule has 0 saturated carbocycles. The van der Waals surface area contributed by atoms with Gasteiger partial charge < -0.3 is 20.9 Å². The molecule has 4 N–H and O–H groups in total. The van der Waals surface area contributed by atoms with Crippen LogP contribution in [0.1, 0.15) is 27.2 Å². The molecule has 102 valence electrons. The number of ether oxygens (including phenoxy) is 1. The van der Waals surface area contributed by atoms with Gasteiger partial charge in [0, 0.05) is 0 Å². The molecule has 1 aromatic carbocycles. The van der Waals surface area contributed by atoms with Crippen LogP contribution in [0.5, 0.6) is 5.75 Å². The SMILES string of the molecule is CCCOc1cccc(NC(CO)C(C)C)c1N. The summed E-state index contributed by atoms with van der Waals surface area (Å²) in [4.78, 5) is 0. The summed E-state index contributed by atoms with van der Waals surface area (Å²) >= 11 is 0. The number of nitrogens with two attached hydrogens (primary N) is 1. The van der Waals surface area contributed by atoms with Crippen LogP contribution in [0.4, 0.5) is 11.4 Å². The van der Waals surface area contributed by atoms with Crippen molar-refractivity contribution in [1.29, 1.82) is 0 Å². The second-order valence-corrected chi connectivity index (χ2v) is 4.74. The van der Waals surface area contributed by atoms with Crippen molar-refractivity contribution in [3.8, 4) is 5.75 Å². The van der Waals surface area contributed by atoms with Crippen molar-refractivity contribution in [3.63, 3.8) is 0 Å². The van der Waals surface area contributed by atoms with Gasteiger partial charge in [-0.3, -0.25) is 0 Å². The number of benzene rings is 1. The van der Waals surface area contributed by atoms with E-state index in [0.717, 1.165) is 12.1 Å². The summed E-state index contributed by atoms with van der Waals surface area (Å²) in [6, 6.07) is 5.66. The van der Waals surface area contributed by atoms with Gasteiger partial charge in [0.25, 0.3) is 0 Å². The largest absolute Gasteiger partial charge is 0.491 e. The average molecular weight is 252 g/mol. The van der Waals surface area contributed by atoms with Crippen molar-refractivity contribution in [2.45, 2.75) is 33.2 Å². The first-order valence-corrected chi connectivity index (χ1v) is 6.48. The van der Waals surface area contributed by atoms with Crippen LogP contribution in [0.15, 0.2) is 18.2 Å². The summed E-state index contributed by atoms with van der Waals surface area (Å²) in [7, 11) is 0. The molecule has 4 nitrogen and oxygen atoms in total. The molecule has 1 atom stereocenters. The Kier molecular flexibility index (Phi) is 5.78. The van der Waals surface area contributed by atoms with E-state index in [1.54, 1.807) is 0 Å². The van der Waals surface area contributed by atoms with Crippen molar-refractivity contribution in [3.05, 3.63) is 18.2 Å². The lowest BCUT2D eigenvalue weighted by atomic mass is 10.0. The summed E-state index contributed by atoms with van der Waals surface area (Å²) in [6.07, 6.45) is 0.947. The lowest BCUT2D eigenvalue weighted by Crippen LogP contribution is -2.29. The first-order valence-electron chi connectivity index (χ1n) is 6.48. The molecule has 1 unspecified atom stereocenters. The monoisotopic (exact) mass is 252 g/mol. The maximum atomic E-state index is 9.32. The van der Waals surface area contributed by atoms with E-state index in [-0.39, 0.29) is 12.6 Å². The molecule has 18 heavy (non-hydrogen) atoms. The molecule has 0 spiro atoms. The van der Waals surface area contributed by atoms with Gasteiger partial charge >= 0.3 is 0 Å². The van der Waals surface area contributed by atoms with Gasteiger partial charge in [0.15, 0.2) is 0 Å². The molecule has 0 aliphatic carbocycles. The molecule has 0 aromatic heterocycles.